The highest BCUT2D eigenvalue weighted by atomic mass is 79.9. The van der Waals surface area contributed by atoms with E-state index in [-0.39, 0.29) is 18.4 Å². The Balaban J connectivity index is 1.42. The zero-order chi connectivity index (χ0) is 21.8. The first-order valence-corrected chi connectivity index (χ1v) is 10.5. The standard InChI is InChI=1S/C24H19BrN2O4/c25-19-8-4-5-9-20(19)27-22(28)14-26-23(29)16-10-11-18-17(12-16)13-21(31-24(18)30)15-6-2-1-3-7-15/h1-12,21H,13-14H2,(H,26,29)(H,27,28)/t21-/m1/s1. The molecular weight excluding hydrogens is 460 g/mol. The van der Waals surface area contributed by atoms with Gasteiger partial charge < -0.3 is 15.4 Å². The fourth-order valence-corrected chi connectivity index (χ4v) is 3.79. The summed E-state index contributed by atoms with van der Waals surface area (Å²) < 4.78 is 6.30. The van der Waals surface area contributed by atoms with Crippen molar-refractivity contribution in [3.05, 3.63) is 99.5 Å². The average Bonchev–Trinajstić information content (AvgIpc) is 2.79. The average molecular weight is 479 g/mol. The van der Waals surface area contributed by atoms with Gasteiger partial charge in [0.1, 0.15) is 6.10 Å². The van der Waals surface area contributed by atoms with Crippen LogP contribution >= 0.6 is 15.9 Å². The van der Waals surface area contributed by atoms with Crippen molar-refractivity contribution in [1.29, 1.82) is 0 Å². The third kappa shape index (κ3) is 4.83. The molecule has 4 rings (SSSR count). The molecule has 0 unspecified atom stereocenters. The highest BCUT2D eigenvalue weighted by Crippen LogP contribution is 2.31. The molecule has 2 N–H and O–H groups in total. The fourth-order valence-electron chi connectivity index (χ4n) is 3.41. The Kier molecular flexibility index (Phi) is 6.13. The number of hydrogen-bond acceptors (Lipinski definition) is 4. The van der Waals surface area contributed by atoms with Crippen molar-refractivity contribution in [3.8, 4) is 0 Å². The molecule has 7 heteroatoms. The first-order chi connectivity index (χ1) is 15.0. The molecule has 156 valence electrons. The van der Waals surface area contributed by atoms with Crippen LogP contribution in [0.3, 0.4) is 0 Å². The first-order valence-electron chi connectivity index (χ1n) is 9.72. The molecule has 0 fully saturated rings. The van der Waals surface area contributed by atoms with Crippen molar-refractivity contribution in [2.45, 2.75) is 12.5 Å². The van der Waals surface area contributed by atoms with Gasteiger partial charge in [0.15, 0.2) is 0 Å². The maximum absolute atomic E-state index is 12.6. The van der Waals surface area contributed by atoms with Gasteiger partial charge in [0.05, 0.1) is 17.8 Å². The monoisotopic (exact) mass is 478 g/mol. The Bertz CT molecular complexity index is 1150. The Hall–Kier alpha value is -3.45. The van der Waals surface area contributed by atoms with Gasteiger partial charge >= 0.3 is 5.97 Å². The largest absolute Gasteiger partial charge is 0.454 e. The van der Waals surface area contributed by atoms with Crippen molar-refractivity contribution >= 4 is 39.4 Å². The van der Waals surface area contributed by atoms with Crippen LogP contribution in [-0.4, -0.2) is 24.3 Å². The van der Waals surface area contributed by atoms with Gasteiger partial charge in [-0.05, 0) is 57.4 Å². The molecule has 6 nitrogen and oxygen atoms in total. The summed E-state index contributed by atoms with van der Waals surface area (Å²) in [5.41, 5.74) is 3.11. The summed E-state index contributed by atoms with van der Waals surface area (Å²) in [4.78, 5) is 37.1. The molecule has 0 aromatic heterocycles. The molecule has 0 aliphatic carbocycles. The van der Waals surface area contributed by atoms with Crippen LogP contribution in [0.4, 0.5) is 5.69 Å². The number of para-hydroxylation sites is 1. The minimum absolute atomic E-state index is 0.175. The van der Waals surface area contributed by atoms with Crippen molar-refractivity contribution in [1.82, 2.24) is 5.32 Å². The van der Waals surface area contributed by atoms with Crippen LogP contribution in [0.5, 0.6) is 0 Å². The van der Waals surface area contributed by atoms with Crippen LogP contribution in [0.2, 0.25) is 0 Å². The minimum Gasteiger partial charge on any atom is -0.454 e. The fraction of sp³-hybridized carbons (Fsp3) is 0.125. The summed E-state index contributed by atoms with van der Waals surface area (Å²) in [5.74, 6) is -1.14. The Morgan fingerprint density at radius 3 is 2.52 bits per heavy atom. The lowest BCUT2D eigenvalue weighted by Crippen LogP contribution is -2.33. The SMILES string of the molecule is O=C(CNC(=O)c1ccc2c(c1)C[C@H](c1ccccc1)OC2=O)Nc1ccccc1Br. The maximum Gasteiger partial charge on any atom is 0.339 e. The molecule has 0 spiro atoms. The minimum atomic E-state index is -0.408. The van der Waals surface area contributed by atoms with Crippen molar-refractivity contribution < 1.29 is 19.1 Å². The first kappa shape index (κ1) is 20.8. The summed E-state index contributed by atoms with van der Waals surface area (Å²) in [6.45, 7) is -0.175. The number of halogens is 1. The summed E-state index contributed by atoms with van der Waals surface area (Å²) >= 11 is 3.36. The predicted molar refractivity (Wildman–Crippen MR) is 120 cm³/mol. The lowest BCUT2D eigenvalue weighted by molar-refractivity contribution is -0.115. The third-order valence-electron chi connectivity index (χ3n) is 4.97. The number of nitrogens with one attached hydrogen (secondary N) is 2. The third-order valence-corrected chi connectivity index (χ3v) is 5.66. The summed E-state index contributed by atoms with van der Waals surface area (Å²) in [7, 11) is 0. The number of fused-ring (bicyclic) bond motifs is 1. The second-order valence-corrected chi connectivity index (χ2v) is 7.95. The van der Waals surface area contributed by atoms with E-state index in [9.17, 15) is 14.4 Å². The highest BCUT2D eigenvalue weighted by molar-refractivity contribution is 9.10. The second-order valence-electron chi connectivity index (χ2n) is 7.09. The zero-order valence-electron chi connectivity index (χ0n) is 16.4. The van der Waals surface area contributed by atoms with Crippen molar-refractivity contribution in [3.63, 3.8) is 0 Å². The van der Waals surface area contributed by atoms with E-state index in [1.54, 1.807) is 30.3 Å². The van der Waals surface area contributed by atoms with E-state index >= 15 is 0 Å². The van der Waals surface area contributed by atoms with Gasteiger partial charge in [0.25, 0.3) is 5.91 Å². The van der Waals surface area contributed by atoms with E-state index < -0.39 is 12.1 Å². The van der Waals surface area contributed by atoms with Crippen LogP contribution in [0, 0.1) is 0 Å². The quantitative estimate of drug-likeness (QED) is 0.536. The molecular formula is C24H19BrN2O4. The second kappa shape index (κ2) is 9.14. The number of hydrogen-bond donors (Lipinski definition) is 2. The van der Waals surface area contributed by atoms with Gasteiger partial charge in [-0.1, -0.05) is 42.5 Å². The summed E-state index contributed by atoms with van der Waals surface area (Å²) in [6.07, 6.45) is 0.0870. The number of carbonyl (C=O) groups excluding carboxylic acids is 3. The number of ether oxygens (including phenoxy) is 1. The van der Waals surface area contributed by atoms with Crippen LogP contribution in [-0.2, 0) is 16.0 Å². The molecule has 0 saturated carbocycles. The molecule has 3 aromatic carbocycles. The van der Waals surface area contributed by atoms with Gasteiger partial charge in [0, 0.05) is 16.5 Å². The smallest absolute Gasteiger partial charge is 0.339 e. The van der Waals surface area contributed by atoms with Gasteiger partial charge in [-0.2, -0.15) is 0 Å². The van der Waals surface area contributed by atoms with Crippen LogP contribution in [0.1, 0.15) is 37.9 Å². The van der Waals surface area contributed by atoms with Gasteiger partial charge in [-0.25, -0.2) is 4.79 Å². The van der Waals surface area contributed by atoms with E-state index in [0.717, 1.165) is 15.6 Å². The molecule has 0 bridgehead atoms. The molecule has 0 saturated heterocycles. The Morgan fingerprint density at radius 1 is 1.00 bits per heavy atom. The van der Waals surface area contributed by atoms with Crippen LogP contribution in [0.25, 0.3) is 0 Å². The summed E-state index contributed by atoms with van der Waals surface area (Å²) in [6, 6.07) is 21.6. The molecule has 0 radical (unpaired) electrons. The maximum atomic E-state index is 12.6. The molecule has 3 aromatic rings. The zero-order valence-corrected chi connectivity index (χ0v) is 18.0. The Labute approximate surface area is 187 Å². The van der Waals surface area contributed by atoms with Crippen molar-refractivity contribution in [2.24, 2.45) is 0 Å². The number of rotatable bonds is 5. The lowest BCUT2D eigenvalue weighted by atomic mass is 9.93. The molecule has 1 heterocycles. The van der Waals surface area contributed by atoms with Crippen LogP contribution < -0.4 is 10.6 Å². The molecule has 1 atom stereocenters. The van der Waals surface area contributed by atoms with E-state index in [4.69, 9.17) is 4.74 Å². The van der Waals surface area contributed by atoms with Gasteiger partial charge in [-0.15, -0.1) is 0 Å². The number of cyclic esters (lactones) is 1. The van der Waals surface area contributed by atoms with Gasteiger partial charge in [-0.3, -0.25) is 9.59 Å². The van der Waals surface area contributed by atoms with Gasteiger partial charge in [0.2, 0.25) is 5.91 Å². The summed E-state index contributed by atoms with van der Waals surface area (Å²) in [5, 5.41) is 5.35. The predicted octanol–water partition coefficient (Wildman–Crippen LogP) is 4.27. The molecule has 1 aliphatic heterocycles. The topological polar surface area (TPSA) is 84.5 Å². The van der Waals surface area contributed by atoms with E-state index in [2.05, 4.69) is 26.6 Å². The molecule has 2 amide bonds. The molecule has 31 heavy (non-hydrogen) atoms. The number of anilines is 1. The number of esters is 1. The Morgan fingerprint density at radius 2 is 1.74 bits per heavy atom. The van der Waals surface area contributed by atoms with E-state index in [1.165, 1.54) is 0 Å². The molecule has 1 aliphatic rings. The number of amides is 2. The van der Waals surface area contributed by atoms with E-state index in [1.807, 2.05) is 42.5 Å². The van der Waals surface area contributed by atoms with Crippen molar-refractivity contribution in [2.75, 3.05) is 11.9 Å². The normalized spacial score (nSPS) is 14.9. The van der Waals surface area contributed by atoms with E-state index in [0.29, 0.717) is 23.2 Å². The number of benzene rings is 3. The highest BCUT2D eigenvalue weighted by Gasteiger charge is 2.28. The van der Waals surface area contributed by atoms with Crippen LogP contribution in [0.15, 0.2) is 77.3 Å². The number of carbonyl (C=O) groups is 3. The lowest BCUT2D eigenvalue weighted by Gasteiger charge is -2.25.